The van der Waals surface area contributed by atoms with Crippen molar-refractivity contribution in [2.75, 3.05) is 6.61 Å². The van der Waals surface area contributed by atoms with E-state index in [4.69, 9.17) is 16.3 Å². The van der Waals surface area contributed by atoms with Crippen LogP contribution in [0.2, 0.25) is 5.02 Å². The number of nitrogens with zero attached hydrogens (tertiary/aromatic N) is 2. The number of ether oxygens (including phenoxy) is 1. The molecule has 4 nitrogen and oxygen atoms in total. The van der Waals surface area contributed by atoms with Crippen LogP contribution < -0.4 is 4.74 Å². The Hall–Kier alpha value is -1.81. The van der Waals surface area contributed by atoms with E-state index >= 15 is 0 Å². The molecular formula is C16H19ClN2O2. The maximum Gasteiger partial charge on any atom is 0.284 e. The van der Waals surface area contributed by atoms with Gasteiger partial charge < -0.3 is 4.74 Å². The summed E-state index contributed by atoms with van der Waals surface area (Å²) in [4.78, 5) is 12.2. The molecule has 0 aliphatic carbocycles. The second-order valence-corrected chi connectivity index (χ2v) is 5.64. The number of aryl methyl sites for hydroxylation is 3. The van der Waals surface area contributed by atoms with Gasteiger partial charge in [-0.3, -0.25) is 4.79 Å². The van der Waals surface area contributed by atoms with Crippen molar-refractivity contribution in [2.24, 2.45) is 0 Å². The van der Waals surface area contributed by atoms with E-state index in [1.54, 1.807) is 0 Å². The van der Waals surface area contributed by atoms with Gasteiger partial charge in [-0.05, 0) is 63.4 Å². The molecule has 5 heteroatoms. The standard InChI is InChI=1S/C16H19ClN2O2/c1-9-6-14(7-10(2)16(9)17)21-8-15(20)19-13(5)11(3)12(4)18-19/h6-7H,8H2,1-5H3. The Kier molecular flexibility index (Phi) is 4.37. The molecule has 0 aliphatic rings. The molecule has 0 unspecified atom stereocenters. The topological polar surface area (TPSA) is 44.1 Å². The minimum Gasteiger partial charge on any atom is -0.484 e. The normalized spacial score (nSPS) is 10.8. The minimum atomic E-state index is -0.186. The Morgan fingerprint density at radius 1 is 1.19 bits per heavy atom. The van der Waals surface area contributed by atoms with Gasteiger partial charge in [0.05, 0.1) is 5.69 Å². The maximum atomic E-state index is 12.2. The summed E-state index contributed by atoms with van der Waals surface area (Å²) in [5.41, 5.74) is 4.60. The molecule has 0 amide bonds. The predicted octanol–water partition coefficient (Wildman–Crippen LogP) is 3.80. The molecule has 1 aromatic carbocycles. The Bertz CT molecular complexity index is 682. The summed E-state index contributed by atoms with van der Waals surface area (Å²) in [6.07, 6.45) is 0. The average molecular weight is 307 g/mol. The highest BCUT2D eigenvalue weighted by Crippen LogP contribution is 2.25. The zero-order chi connectivity index (χ0) is 15.7. The number of hydrogen-bond acceptors (Lipinski definition) is 3. The van der Waals surface area contributed by atoms with Crippen molar-refractivity contribution in [3.05, 3.63) is 45.2 Å². The number of hydrogen-bond donors (Lipinski definition) is 0. The number of benzene rings is 1. The number of carbonyl (C=O) groups excluding carboxylic acids is 1. The van der Waals surface area contributed by atoms with Gasteiger partial charge >= 0.3 is 0 Å². The molecule has 0 saturated carbocycles. The second-order valence-electron chi connectivity index (χ2n) is 5.26. The highest BCUT2D eigenvalue weighted by molar-refractivity contribution is 6.32. The monoisotopic (exact) mass is 306 g/mol. The molecule has 2 rings (SSSR count). The van der Waals surface area contributed by atoms with E-state index in [9.17, 15) is 4.79 Å². The van der Waals surface area contributed by atoms with Crippen LogP contribution >= 0.6 is 11.6 Å². The molecule has 0 aliphatic heterocycles. The lowest BCUT2D eigenvalue weighted by Crippen LogP contribution is -2.21. The first-order valence-electron chi connectivity index (χ1n) is 6.76. The number of carbonyl (C=O) groups is 1. The lowest BCUT2D eigenvalue weighted by Gasteiger charge is -2.10. The summed E-state index contributed by atoms with van der Waals surface area (Å²) in [5.74, 6) is 0.454. The maximum absolute atomic E-state index is 12.2. The summed E-state index contributed by atoms with van der Waals surface area (Å²) in [5, 5.41) is 4.96. The lowest BCUT2D eigenvalue weighted by atomic mass is 10.1. The molecule has 1 heterocycles. The first-order valence-corrected chi connectivity index (χ1v) is 7.14. The third-order valence-electron chi connectivity index (χ3n) is 3.66. The summed E-state index contributed by atoms with van der Waals surface area (Å²) in [6.45, 7) is 9.49. The van der Waals surface area contributed by atoms with Crippen LogP contribution in [0.25, 0.3) is 0 Å². The quantitative estimate of drug-likeness (QED) is 0.866. The molecule has 112 valence electrons. The van der Waals surface area contributed by atoms with Gasteiger partial charge in [0.25, 0.3) is 5.91 Å². The van der Waals surface area contributed by atoms with Crippen molar-refractivity contribution in [1.82, 2.24) is 9.78 Å². The first-order chi connectivity index (χ1) is 9.81. The van der Waals surface area contributed by atoms with Crippen LogP contribution in [0.3, 0.4) is 0 Å². The first kappa shape index (κ1) is 15.6. The van der Waals surface area contributed by atoms with Crippen LogP contribution in [-0.4, -0.2) is 22.3 Å². The van der Waals surface area contributed by atoms with Crippen molar-refractivity contribution in [1.29, 1.82) is 0 Å². The zero-order valence-corrected chi connectivity index (χ0v) is 13.7. The van der Waals surface area contributed by atoms with Gasteiger partial charge in [-0.15, -0.1) is 0 Å². The third-order valence-corrected chi connectivity index (χ3v) is 4.26. The van der Waals surface area contributed by atoms with Gasteiger partial charge in [-0.1, -0.05) is 11.6 Å². The summed E-state index contributed by atoms with van der Waals surface area (Å²) in [7, 11) is 0. The molecule has 0 saturated heterocycles. The van der Waals surface area contributed by atoms with Gasteiger partial charge in [0.1, 0.15) is 5.75 Å². The van der Waals surface area contributed by atoms with Gasteiger partial charge in [0.15, 0.2) is 6.61 Å². The largest absolute Gasteiger partial charge is 0.484 e. The molecule has 2 aromatic rings. The van der Waals surface area contributed by atoms with Gasteiger partial charge in [0, 0.05) is 10.7 Å². The van der Waals surface area contributed by atoms with Gasteiger partial charge in [-0.2, -0.15) is 5.10 Å². The average Bonchev–Trinajstić information content (AvgIpc) is 2.69. The SMILES string of the molecule is Cc1cc(OCC(=O)n2nc(C)c(C)c2C)cc(C)c1Cl. The van der Waals surface area contributed by atoms with Gasteiger partial charge in [-0.25, -0.2) is 4.68 Å². The van der Waals surface area contributed by atoms with E-state index < -0.39 is 0 Å². The highest BCUT2D eigenvalue weighted by atomic mass is 35.5. The van der Waals surface area contributed by atoms with Gasteiger partial charge in [0.2, 0.25) is 0 Å². The fraction of sp³-hybridized carbons (Fsp3) is 0.375. The zero-order valence-electron chi connectivity index (χ0n) is 13.0. The summed E-state index contributed by atoms with van der Waals surface area (Å²) < 4.78 is 6.98. The van der Waals surface area contributed by atoms with Crippen molar-refractivity contribution in [2.45, 2.75) is 34.6 Å². The van der Waals surface area contributed by atoms with Crippen molar-refractivity contribution >= 4 is 17.5 Å². The summed E-state index contributed by atoms with van der Waals surface area (Å²) >= 11 is 6.11. The van der Waals surface area contributed by atoms with Crippen molar-refractivity contribution < 1.29 is 9.53 Å². The van der Waals surface area contributed by atoms with Crippen molar-refractivity contribution in [3.8, 4) is 5.75 Å². The molecule has 0 bridgehead atoms. The Morgan fingerprint density at radius 3 is 2.24 bits per heavy atom. The molecule has 1 aromatic heterocycles. The Balaban J connectivity index is 2.13. The minimum absolute atomic E-state index is 0.0537. The Morgan fingerprint density at radius 2 is 1.76 bits per heavy atom. The number of rotatable bonds is 3. The lowest BCUT2D eigenvalue weighted by molar-refractivity contribution is 0.0818. The molecule has 0 radical (unpaired) electrons. The number of halogens is 1. The fourth-order valence-electron chi connectivity index (χ4n) is 2.16. The predicted molar refractivity (Wildman–Crippen MR) is 83.5 cm³/mol. The molecule has 0 N–H and O–H groups in total. The van der Waals surface area contributed by atoms with E-state index in [1.807, 2.05) is 46.8 Å². The van der Waals surface area contributed by atoms with Crippen LogP contribution in [0.5, 0.6) is 5.75 Å². The van der Waals surface area contributed by atoms with Crippen LogP contribution in [0.15, 0.2) is 12.1 Å². The van der Waals surface area contributed by atoms with E-state index in [1.165, 1.54) is 4.68 Å². The Labute approximate surface area is 129 Å². The third kappa shape index (κ3) is 3.10. The van der Waals surface area contributed by atoms with E-state index in [-0.39, 0.29) is 12.5 Å². The number of aromatic nitrogens is 2. The van der Waals surface area contributed by atoms with E-state index in [0.717, 1.165) is 33.1 Å². The smallest absolute Gasteiger partial charge is 0.284 e. The molecule has 0 spiro atoms. The van der Waals surface area contributed by atoms with Crippen LogP contribution in [0, 0.1) is 34.6 Å². The van der Waals surface area contributed by atoms with E-state index in [2.05, 4.69) is 5.10 Å². The summed E-state index contributed by atoms with van der Waals surface area (Å²) in [6, 6.07) is 3.66. The molecule has 0 atom stereocenters. The van der Waals surface area contributed by atoms with Crippen LogP contribution in [0.4, 0.5) is 0 Å². The molecule has 21 heavy (non-hydrogen) atoms. The highest BCUT2D eigenvalue weighted by Gasteiger charge is 2.14. The second kappa shape index (κ2) is 5.90. The molecular weight excluding hydrogens is 288 g/mol. The molecule has 0 fully saturated rings. The van der Waals surface area contributed by atoms with Crippen LogP contribution in [-0.2, 0) is 0 Å². The van der Waals surface area contributed by atoms with E-state index in [0.29, 0.717) is 5.75 Å². The van der Waals surface area contributed by atoms with Crippen molar-refractivity contribution in [3.63, 3.8) is 0 Å². The fourth-order valence-corrected chi connectivity index (χ4v) is 2.27. The van der Waals surface area contributed by atoms with Crippen LogP contribution in [0.1, 0.15) is 32.9 Å².